The molecule has 170 valence electrons. The van der Waals surface area contributed by atoms with E-state index < -0.39 is 5.82 Å². The fourth-order valence-corrected chi connectivity index (χ4v) is 5.19. The molecule has 0 aliphatic heterocycles. The van der Waals surface area contributed by atoms with Crippen molar-refractivity contribution in [3.63, 3.8) is 0 Å². The van der Waals surface area contributed by atoms with E-state index in [1.807, 2.05) is 12.1 Å². The summed E-state index contributed by atoms with van der Waals surface area (Å²) in [5, 5.41) is 3.63. The number of hydrogen-bond acceptors (Lipinski definition) is 4. The van der Waals surface area contributed by atoms with Crippen LogP contribution in [0.25, 0.3) is 0 Å². The van der Waals surface area contributed by atoms with Gasteiger partial charge in [-0.3, -0.25) is 9.59 Å². The lowest BCUT2D eigenvalue weighted by molar-refractivity contribution is -0.173. The number of benzene rings is 2. The van der Waals surface area contributed by atoms with Gasteiger partial charge in [0.2, 0.25) is 0 Å². The van der Waals surface area contributed by atoms with E-state index in [1.165, 1.54) is 12.1 Å². The Kier molecular flexibility index (Phi) is 6.63. The van der Waals surface area contributed by atoms with Crippen LogP contribution in [0.15, 0.2) is 42.5 Å². The maximum atomic E-state index is 13.4. The van der Waals surface area contributed by atoms with Gasteiger partial charge in [-0.2, -0.15) is 0 Å². The number of hydrogen-bond donors (Lipinski definition) is 1. The van der Waals surface area contributed by atoms with E-state index in [2.05, 4.69) is 5.32 Å². The second-order valence-corrected chi connectivity index (χ2v) is 9.69. The number of carbonyl (C=O) groups is 2. The monoisotopic (exact) mass is 479 g/mol. The molecule has 3 saturated carbocycles. The zero-order valence-corrected chi connectivity index (χ0v) is 19.0. The van der Waals surface area contributed by atoms with Crippen molar-refractivity contribution in [2.45, 2.75) is 44.1 Å². The molecular weight excluding hydrogens is 456 g/mol. The number of carbonyl (C=O) groups excluding carboxylic acids is 2. The van der Waals surface area contributed by atoms with Crippen LogP contribution in [0.1, 0.15) is 38.5 Å². The van der Waals surface area contributed by atoms with Crippen LogP contribution >= 0.6 is 23.2 Å². The average Bonchev–Trinajstić information content (AvgIpc) is 2.70. The molecule has 32 heavy (non-hydrogen) atoms. The van der Waals surface area contributed by atoms with Gasteiger partial charge in [0.25, 0.3) is 5.91 Å². The number of ketones is 1. The summed E-state index contributed by atoms with van der Waals surface area (Å²) >= 11 is 11.6. The topological polar surface area (TPSA) is 64.6 Å². The number of nitrogens with one attached hydrogen (secondary N) is 1. The number of Topliss-reactive ketones (excluding diaryl/α,β-unsaturated/α-hetero) is 1. The van der Waals surface area contributed by atoms with Gasteiger partial charge in [0.15, 0.2) is 6.61 Å². The van der Waals surface area contributed by atoms with E-state index in [9.17, 15) is 14.0 Å². The molecule has 0 unspecified atom stereocenters. The summed E-state index contributed by atoms with van der Waals surface area (Å²) in [6, 6.07) is 11.2. The molecule has 0 radical (unpaired) electrons. The molecule has 0 spiro atoms. The Labute approximate surface area is 196 Å². The van der Waals surface area contributed by atoms with E-state index in [-0.39, 0.29) is 40.0 Å². The zero-order chi connectivity index (χ0) is 22.8. The Morgan fingerprint density at radius 3 is 2.50 bits per heavy atom. The average molecular weight is 480 g/mol. The molecule has 0 atom stereocenters. The normalized spacial score (nSPS) is 23.0. The maximum Gasteiger partial charge on any atom is 0.258 e. The molecular formula is C24H24Cl2FNO4. The lowest BCUT2D eigenvalue weighted by Crippen LogP contribution is -2.75. The summed E-state index contributed by atoms with van der Waals surface area (Å²) in [7, 11) is 0. The molecule has 3 fully saturated rings. The molecule has 3 aliphatic rings. The van der Waals surface area contributed by atoms with E-state index in [0.717, 1.165) is 25.3 Å². The van der Waals surface area contributed by atoms with Gasteiger partial charge < -0.3 is 14.8 Å². The molecule has 2 bridgehead atoms. The summed E-state index contributed by atoms with van der Waals surface area (Å²) in [6.07, 6.45) is 4.12. The highest BCUT2D eigenvalue weighted by molar-refractivity contribution is 6.31. The van der Waals surface area contributed by atoms with Crippen molar-refractivity contribution in [3.8, 4) is 11.5 Å². The molecule has 0 aromatic heterocycles. The molecule has 0 saturated heterocycles. The minimum Gasteiger partial charge on any atom is -0.494 e. The van der Waals surface area contributed by atoms with Crippen LogP contribution in [0.2, 0.25) is 10.0 Å². The molecule has 5 rings (SSSR count). The van der Waals surface area contributed by atoms with Gasteiger partial charge >= 0.3 is 0 Å². The van der Waals surface area contributed by atoms with Crippen LogP contribution in [0.4, 0.5) is 4.39 Å². The first-order valence-corrected chi connectivity index (χ1v) is 11.3. The van der Waals surface area contributed by atoms with Gasteiger partial charge in [0.1, 0.15) is 23.1 Å². The van der Waals surface area contributed by atoms with Crippen LogP contribution < -0.4 is 14.8 Å². The molecule has 1 amide bonds. The summed E-state index contributed by atoms with van der Waals surface area (Å²) in [5.41, 5.74) is -0.194. The lowest BCUT2D eigenvalue weighted by Gasteiger charge is -2.70. The van der Waals surface area contributed by atoms with Gasteiger partial charge in [-0.05, 0) is 61.4 Å². The van der Waals surface area contributed by atoms with Gasteiger partial charge in [-0.15, -0.1) is 0 Å². The first-order chi connectivity index (χ1) is 15.3. The van der Waals surface area contributed by atoms with Crippen molar-refractivity contribution >= 4 is 34.9 Å². The fraction of sp³-hybridized carbons (Fsp3) is 0.417. The Morgan fingerprint density at radius 1 is 1.03 bits per heavy atom. The third kappa shape index (κ3) is 5.36. The third-order valence-electron chi connectivity index (χ3n) is 6.04. The first kappa shape index (κ1) is 22.9. The summed E-state index contributed by atoms with van der Waals surface area (Å²) in [5.74, 6) is 0.338. The number of halogens is 3. The number of rotatable bonds is 11. The third-order valence-corrected chi connectivity index (χ3v) is 6.58. The summed E-state index contributed by atoms with van der Waals surface area (Å²) < 4.78 is 24.4. The van der Waals surface area contributed by atoms with Crippen molar-refractivity contribution in [2.24, 2.45) is 5.41 Å². The molecule has 5 nitrogen and oxygen atoms in total. The maximum absolute atomic E-state index is 13.4. The lowest BCUT2D eigenvalue weighted by atomic mass is 9.38. The van der Waals surface area contributed by atoms with Gasteiger partial charge in [0, 0.05) is 29.5 Å². The van der Waals surface area contributed by atoms with E-state index in [4.69, 9.17) is 32.7 Å². The van der Waals surface area contributed by atoms with Crippen molar-refractivity contribution in [1.82, 2.24) is 5.32 Å². The van der Waals surface area contributed by atoms with E-state index >= 15 is 0 Å². The molecule has 8 heteroatoms. The predicted octanol–water partition coefficient (Wildman–Crippen LogP) is 5.37. The Balaban J connectivity index is 1.11. The minimum absolute atomic E-state index is 0.00384. The van der Waals surface area contributed by atoms with Crippen molar-refractivity contribution in [3.05, 3.63) is 58.3 Å². The molecule has 2 aromatic carbocycles. The van der Waals surface area contributed by atoms with Crippen LogP contribution in [0, 0.1) is 11.2 Å². The highest BCUT2D eigenvalue weighted by Crippen LogP contribution is 2.69. The van der Waals surface area contributed by atoms with Crippen LogP contribution in [0.3, 0.4) is 0 Å². The first-order valence-electron chi connectivity index (χ1n) is 10.6. The van der Waals surface area contributed by atoms with Crippen LogP contribution in [-0.4, -0.2) is 30.4 Å². The standard InChI is InChI=1S/C24H24Cl2FNO4/c25-16-3-1-5-18(9-16)31-8-2-4-17(29)11-23-13-24(14-23,15-23)28-22(30)12-32-19-6-7-20(26)21(27)10-19/h1,3,5-7,9-10H,2,4,8,11-15H2,(H,28,30). The molecule has 2 aromatic rings. The van der Waals surface area contributed by atoms with Crippen molar-refractivity contribution in [1.29, 1.82) is 0 Å². The smallest absolute Gasteiger partial charge is 0.258 e. The Morgan fingerprint density at radius 2 is 1.78 bits per heavy atom. The predicted molar refractivity (Wildman–Crippen MR) is 120 cm³/mol. The fourth-order valence-electron chi connectivity index (χ4n) is 4.89. The van der Waals surface area contributed by atoms with E-state index in [1.54, 1.807) is 12.1 Å². The Bertz CT molecular complexity index is 1010. The summed E-state index contributed by atoms with van der Waals surface area (Å²) in [4.78, 5) is 24.6. The van der Waals surface area contributed by atoms with Gasteiger partial charge in [-0.25, -0.2) is 4.39 Å². The van der Waals surface area contributed by atoms with Crippen LogP contribution in [-0.2, 0) is 9.59 Å². The molecule has 1 N–H and O–H groups in total. The number of amides is 1. The van der Waals surface area contributed by atoms with Gasteiger partial charge in [-0.1, -0.05) is 29.3 Å². The Hall–Kier alpha value is -2.31. The zero-order valence-electron chi connectivity index (χ0n) is 17.5. The highest BCUT2D eigenvalue weighted by atomic mass is 35.5. The molecule has 3 aliphatic carbocycles. The SMILES string of the molecule is O=C(CCCOc1cccc(Cl)c1)CC12CC(NC(=O)COc3ccc(Cl)c(F)c3)(C1)C2. The molecule has 0 heterocycles. The van der Waals surface area contributed by atoms with Crippen molar-refractivity contribution in [2.75, 3.05) is 13.2 Å². The quantitative estimate of drug-likeness (QED) is 0.440. The van der Waals surface area contributed by atoms with Crippen molar-refractivity contribution < 1.29 is 23.5 Å². The highest BCUT2D eigenvalue weighted by Gasteiger charge is 2.68. The second-order valence-electron chi connectivity index (χ2n) is 8.85. The van der Waals surface area contributed by atoms with Gasteiger partial charge in [0.05, 0.1) is 11.6 Å². The minimum atomic E-state index is -0.591. The number of ether oxygens (including phenoxy) is 2. The second kappa shape index (κ2) is 9.28. The largest absolute Gasteiger partial charge is 0.494 e. The summed E-state index contributed by atoms with van der Waals surface area (Å²) in [6.45, 7) is 0.276. The van der Waals surface area contributed by atoms with E-state index in [0.29, 0.717) is 36.6 Å². The van der Waals surface area contributed by atoms with Crippen LogP contribution in [0.5, 0.6) is 11.5 Å².